The number of rotatable bonds is 1. The van der Waals surface area contributed by atoms with Gasteiger partial charge in [-0.1, -0.05) is 29.3 Å². The van der Waals surface area contributed by atoms with E-state index in [0.29, 0.717) is 31.8 Å². The number of sulfone groups is 1. The molecule has 2 fully saturated rings. The number of halogens is 1. The Morgan fingerprint density at radius 2 is 2.00 bits per heavy atom. The SMILES string of the molecule is CC1CCN(C(=O)C2CCCCS2(=O)=O)CC1Br. The maximum absolute atomic E-state index is 12.3. The lowest BCUT2D eigenvalue weighted by molar-refractivity contribution is -0.132. The van der Waals surface area contributed by atoms with E-state index in [-0.39, 0.29) is 16.5 Å². The number of alkyl halides is 1. The molecule has 0 N–H and O–H groups in total. The van der Waals surface area contributed by atoms with Crippen LogP contribution in [0.1, 0.15) is 32.6 Å². The molecule has 3 unspecified atom stereocenters. The Hall–Kier alpha value is -0.100. The second-order valence-corrected chi connectivity index (χ2v) is 8.90. The van der Waals surface area contributed by atoms with Gasteiger partial charge in [-0.15, -0.1) is 0 Å². The Bertz CT molecular complexity index is 423. The molecule has 3 atom stereocenters. The van der Waals surface area contributed by atoms with Crippen LogP contribution >= 0.6 is 15.9 Å². The fraction of sp³-hybridized carbons (Fsp3) is 0.917. The number of hydrogen-bond donors (Lipinski definition) is 0. The van der Waals surface area contributed by atoms with Crippen molar-refractivity contribution in [3.05, 3.63) is 0 Å². The van der Waals surface area contributed by atoms with Gasteiger partial charge in [0.05, 0.1) is 5.75 Å². The van der Waals surface area contributed by atoms with Crippen LogP contribution in [0, 0.1) is 5.92 Å². The minimum Gasteiger partial charge on any atom is -0.340 e. The van der Waals surface area contributed by atoms with E-state index in [1.165, 1.54) is 0 Å². The normalized spacial score (nSPS) is 36.3. The van der Waals surface area contributed by atoms with Gasteiger partial charge in [0.2, 0.25) is 5.91 Å². The van der Waals surface area contributed by atoms with Crippen molar-refractivity contribution in [2.24, 2.45) is 5.92 Å². The molecular formula is C12H20BrNO3S. The largest absolute Gasteiger partial charge is 0.340 e. The summed E-state index contributed by atoms with van der Waals surface area (Å²) in [5.41, 5.74) is 0. The lowest BCUT2D eigenvalue weighted by atomic mass is 9.98. The minimum atomic E-state index is -3.21. The van der Waals surface area contributed by atoms with Gasteiger partial charge in [0.15, 0.2) is 9.84 Å². The molecule has 2 rings (SSSR count). The van der Waals surface area contributed by atoms with Crippen LogP contribution in [0.4, 0.5) is 0 Å². The van der Waals surface area contributed by atoms with Crippen LogP contribution in [0.15, 0.2) is 0 Å². The number of carbonyl (C=O) groups excluding carboxylic acids is 1. The first kappa shape index (κ1) is 14.3. The predicted octanol–water partition coefficient (Wildman–Crippen LogP) is 1.59. The molecule has 6 heteroatoms. The standard InChI is InChI=1S/C12H20BrNO3S/c1-9-5-6-14(8-10(9)13)12(15)11-4-2-3-7-18(11,16)17/h9-11H,2-8H2,1H3. The van der Waals surface area contributed by atoms with Crippen LogP contribution in [0.25, 0.3) is 0 Å². The zero-order chi connectivity index (χ0) is 13.3. The van der Waals surface area contributed by atoms with Gasteiger partial charge >= 0.3 is 0 Å². The molecule has 4 nitrogen and oxygen atoms in total. The topological polar surface area (TPSA) is 54.5 Å². The van der Waals surface area contributed by atoms with Crippen LogP contribution in [-0.4, -0.2) is 48.1 Å². The fourth-order valence-electron chi connectivity index (χ4n) is 2.66. The van der Waals surface area contributed by atoms with Crippen molar-refractivity contribution < 1.29 is 13.2 Å². The van der Waals surface area contributed by atoms with Crippen LogP contribution in [-0.2, 0) is 14.6 Å². The lowest BCUT2D eigenvalue weighted by Crippen LogP contribution is -2.50. The summed E-state index contributed by atoms with van der Waals surface area (Å²) < 4.78 is 23.9. The van der Waals surface area contributed by atoms with E-state index in [1.54, 1.807) is 4.90 Å². The Labute approximate surface area is 117 Å². The third-order valence-electron chi connectivity index (χ3n) is 4.03. The highest BCUT2D eigenvalue weighted by Gasteiger charge is 2.39. The minimum absolute atomic E-state index is 0.172. The summed E-state index contributed by atoms with van der Waals surface area (Å²) in [7, 11) is -3.21. The van der Waals surface area contributed by atoms with Crippen molar-refractivity contribution in [1.29, 1.82) is 0 Å². The highest BCUT2D eigenvalue weighted by molar-refractivity contribution is 9.09. The zero-order valence-electron chi connectivity index (χ0n) is 10.6. The molecule has 1 amide bonds. The summed E-state index contributed by atoms with van der Waals surface area (Å²) in [4.78, 5) is 14.4. The Morgan fingerprint density at radius 1 is 1.28 bits per heavy atom. The summed E-state index contributed by atoms with van der Waals surface area (Å²) in [6.07, 6.45) is 2.98. The van der Waals surface area contributed by atoms with Gasteiger partial charge in [0, 0.05) is 17.9 Å². The lowest BCUT2D eigenvalue weighted by Gasteiger charge is -2.36. The van der Waals surface area contributed by atoms with E-state index in [0.717, 1.165) is 12.8 Å². The number of carbonyl (C=O) groups is 1. The van der Waals surface area contributed by atoms with E-state index in [4.69, 9.17) is 0 Å². The third-order valence-corrected chi connectivity index (χ3v) is 7.39. The number of piperidine rings is 1. The Morgan fingerprint density at radius 3 is 2.61 bits per heavy atom. The average molecular weight is 338 g/mol. The van der Waals surface area contributed by atoms with Crippen LogP contribution < -0.4 is 0 Å². The van der Waals surface area contributed by atoms with E-state index < -0.39 is 15.1 Å². The van der Waals surface area contributed by atoms with E-state index >= 15 is 0 Å². The van der Waals surface area contributed by atoms with Crippen LogP contribution in [0.3, 0.4) is 0 Å². The van der Waals surface area contributed by atoms with Gasteiger partial charge in [0.1, 0.15) is 5.25 Å². The molecule has 0 aromatic rings. The summed E-state index contributed by atoms with van der Waals surface area (Å²) in [6, 6.07) is 0. The average Bonchev–Trinajstić information content (AvgIpc) is 2.31. The third kappa shape index (κ3) is 2.90. The molecule has 0 aromatic carbocycles. The molecule has 2 aliphatic heterocycles. The first-order valence-corrected chi connectivity index (χ1v) is 9.19. The monoisotopic (exact) mass is 337 g/mol. The van der Waals surface area contributed by atoms with Crippen molar-refractivity contribution in [3.63, 3.8) is 0 Å². The number of likely N-dealkylation sites (tertiary alicyclic amines) is 1. The smallest absolute Gasteiger partial charge is 0.240 e. The van der Waals surface area contributed by atoms with Gasteiger partial charge in [-0.25, -0.2) is 8.42 Å². The molecule has 0 radical (unpaired) electrons. The number of hydrogen-bond acceptors (Lipinski definition) is 3. The molecule has 18 heavy (non-hydrogen) atoms. The Kier molecular flexibility index (Phi) is 4.36. The van der Waals surface area contributed by atoms with E-state index in [9.17, 15) is 13.2 Å². The van der Waals surface area contributed by atoms with Crippen LogP contribution in [0.2, 0.25) is 0 Å². The van der Waals surface area contributed by atoms with Crippen molar-refractivity contribution in [3.8, 4) is 0 Å². The van der Waals surface area contributed by atoms with Crippen molar-refractivity contribution in [2.45, 2.75) is 42.7 Å². The fourth-order valence-corrected chi connectivity index (χ4v) is 5.14. The molecule has 104 valence electrons. The first-order chi connectivity index (χ1) is 8.42. The molecule has 2 saturated heterocycles. The van der Waals surface area contributed by atoms with Crippen LogP contribution in [0.5, 0.6) is 0 Å². The second kappa shape index (κ2) is 5.49. The first-order valence-electron chi connectivity index (χ1n) is 6.56. The van der Waals surface area contributed by atoms with Crippen molar-refractivity contribution >= 4 is 31.7 Å². The van der Waals surface area contributed by atoms with E-state index in [1.807, 2.05) is 0 Å². The van der Waals surface area contributed by atoms with Gasteiger partial charge in [-0.05, 0) is 25.2 Å². The van der Waals surface area contributed by atoms with Gasteiger partial charge in [0.25, 0.3) is 0 Å². The molecule has 0 aromatic heterocycles. The molecule has 0 aliphatic carbocycles. The highest BCUT2D eigenvalue weighted by atomic mass is 79.9. The number of amides is 1. The number of nitrogens with zero attached hydrogens (tertiary/aromatic N) is 1. The van der Waals surface area contributed by atoms with Gasteiger partial charge in [-0.2, -0.15) is 0 Å². The molecule has 0 bridgehead atoms. The van der Waals surface area contributed by atoms with E-state index in [2.05, 4.69) is 22.9 Å². The molecule has 0 spiro atoms. The summed E-state index contributed by atoms with van der Waals surface area (Å²) in [5, 5.41) is -0.778. The molecule has 2 aliphatic rings. The molecule has 2 heterocycles. The highest BCUT2D eigenvalue weighted by Crippen LogP contribution is 2.27. The summed E-state index contributed by atoms with van der Waals surface area (Å²) >= 11 is 3.57. The molecule has 0 saturated carbocycles. The zero-order valence-corrected chi connectivity index (χ0v) is 13.0. The van der Waals surface area contributed by atoms with Gasteiger partial charge < -0.3 is 4.90 Å². The molecular weight excluding hydrogens is 318 g/mol. The Balaban J connectivity index is 2.07. The van der Waals surface area contributed by atoms with Crippen molar-refractivity contribution in [1.82, 2.24) is 4.90 Å². The summed E-state index contributed by atoms with van der Waals surface area (Å²) in [6.45, 7) is 3.47. The maximum atomic E-state index is 12.3. The predicted molar refractivity (Wildman–Crippen MR) is 74.5 cm³/mol. The van der Waals surface area contributed by atoms with Crippen molar-refractivity contribution in [2.75, 3.05) is 18.8 Å². The van der Waals surface area contributed by atoms with Gasteiger partial charge in [-0.3, -0.25) is 4.79 Å². The maximum Gasteiger partial charge on any atom is 0.240 e. The summed E-state index contributed by atoms with van der Waals surface area (Å²) in [5.74, 6) is 0.536. The quantitative estimate of drug-likeness (QED) is 0.682. The second-order valence-electron chi connectivity index (χ2n) is 5.42.